The van der Waals surface area contributed by atoms with Crippen molar-refractivity contribution in [2.75, 3.05) is 13.7 Å². The quantitative estimate of drug-likeness (QED) is 0.650. The van der Waals surface area contributed by atoms with E-state index < -0.39 is 18.5 Å². The van der Waals surface area contributed by atoms with Crippen molar-refractivity contribution in [1.82, 2.24) is 5.32 Å². The molecule has 3 rings (SSSR count). The van der Waals surface area contributed by atoms with Gasteiger partial charge in [-0.1, -0.05) is 42.5 Å². The first-order valence-electron chi connectivity index (χ1n) is 8.36. The van der Waals surface area contributed by atoms with Crippen LogP contribution in [0.25, 0.3) is 0 Å². The molecule has 1 amide bonds. The van der Waals surface area contributed by atoms with Crippen molar-refractivity contribution in [2.24, 2.45) is 0 Å². The summed E-state index contributed by atoms with van der Waals surface area (Å²) in [5.74, 6) is -0.322. The van der Waals surface area contributed by atoms with E-state index in [-0.39, 0.29) is 11.8 Å². The summed E-state index contributed by atoms with van der Waals surface area (Å²) in [6.07, 6.45) is 1.37. The summed E-state index contributed by atoms with van der Waals surface area (Å²) in [6, 6.07) is 19.6. The molecule has 0 aliphatic heterocycles. The molecule has 27 heavy (non-hydrogen) atoms. The number of nitrogens with one attached hydrogen (secondary N) is 1. The highest BCUT2D eigenvalue weighted by molar-refractivity contribution is 5.88. The first kappa shape index (κ1) is 18.3. The van der Waals surface area contributed by atoms with Crippen LogP contribution in [0, 0.1) is 0 Å². The topological polar surface area (TPSA) is 77.8 Å². The summed E-state index contributed by atoms with van der Waals surface area (Å²) in [5, 5.41) is 2.90. The molecule has 0 radical (unpaired) electrons. The SMILES string of the molecule is COc1ccc([C@H](NC(=O)COC(=O)c2ccco2)c2ccccc2)cc1. The number of furan rings is 1. The van der Waals surface area contributed by atoms with E-state index in [1.165, 1.54) is 12.3 Å². The molecule has 0 saturated heterocycles. The maximum absolute atomic E-state index is 12.4. The van der Waals surface area contributed by atoms with Gasteiger partial charge in [-0.15, -0.1) is 0 Å². The summed E-state index contributed by atoms with van der Waals surface area (Å²) in [4.78, 5) is 24.2. The van der Waals surface area contributed by atoms with Gasteiger partial charge in [-0.2, -0.15) is 0 Å². The summed E-state index contributed by atoms with van der Waals surface area (Å²) in [5.41, 5.74) is 1.79. The maximum atomic E-state index is 12.4. The van der Waals surface area contributed by atoms with E-state index in [9.17, 15) is 9.59 Å². The van der Waals surface area contributed by atoms with Gasteiger partial charge in [0.05, 0.1) is 19.4 Å². The standard InChI is InChI=1S/C21H19NO5/c1-25-17-11-9-16(10-12-17)20(15-6-3-2-4-7-15)22-19(23)14-27-21(24)18-8-5-13-26-18/h2-13,20H,14H2,1H3,(H,22,23)/t20-/m1/s1. The zero-order chi connectivity index (χ0) is 19.1. The van der Waals surface area contributed by atoms with E-state index in [0.29, 0.717) is 0 Å². The molecule has 0 saturated carbocycles. The van der Waals surface area contributed by atoms with Gasteiger partial charge in [-0.05, 0) is 35.4 Å². The highest BCUT2D eigenvalue weighted by Crippen LogP contribution is 2.24. The van der Waals surface area contributed by atoms with Gasteiger partial charge < -0.3 is 19.2 Å². The van der Waals surface area contributed by atoms with Crippen LogP contribution in [0.15, 0.2) is 77.4 Å². The second-order valence-electron chi connectivity index (χ2n) is 5.74. The normalized spacial score (nSPS) is 11.4. The Labute approximate surface area is 156 Å². The van der Waals surface area contributed by atoms with Crippen molar-refractivity contribution in [3.05, 3.63) is 89.9 Å². The second-order valence-corrected chi connectivity index (χ2v) is 5.74. The summed E-state index contributed by atoms with van der Waals surface area (Å²) in [7, 11) is 1.60. The third-order valence-electron chi connectivity index (χ3n) is 3.94. The number of amides is 1. The molecule has 1 heterocycles. The molecule has 6 heteroatoms. The lowest BCUT2D eigenvalue weighted by molar-refractivity contribution is -0.124. The van der Waals surface area contributed by atoms with Crippen LogP contribution in [0.4, 0.5) is 0 Å². The monoisotopic (exact) mass is 365 g/mol. The van der Waals surface area contributed by atoms with Gasteiger partial charge >= 0.3 is 5.97 Å². The molecule has 0 aliphatic carbocycles. The molecule has 0 unspecified atom stereocenters. The molecular formula is C21H19NO5. The minimum Gasteiger partial charge on any atom is -0.497 e. The van der Waals surface area contributed by atoms with E-state index in [1.807, 2.05) is 54.6 Å². The van der Waals surface area contributed by atoms with Gasteiger partial charge in [0.1, 0.15) is 5.75 Å². The first-order chi connectivity index (χ1) is 13.2. The maximum Gasteiger partial charge on any atom is 0.374 e. The molecule has 6 nitrogen and oxygen atoms in total. The van der Waals surface area contributed by atoms with Gasteiger partial charge in [0, 0.05) is 0 Å². The van der Waals surface area contributed by atoms with Crippen molar-refractivity contribution in [2.45, 2.75) is 6.04 Å². The molecule has 1 N–H and O–H groups in total. The smallest absolute Gasteiger partial charge is 0.374 e. The zero-order valence-electron chi connectivity index (χ0n) is 14.8. The predicted molar refractivity (Wildman–Crippen MR) is 98.4 cm³/mol. The molecule has 0 spiro atoms. The average Bonchev–Trinajstić information content (AvgIpc) is 3.26. The molecule has 1 aromatic heterocycles. The van der Waals surface area contributed by atoms with E-state index in [0.717, 1.165) is 16.9 Å². The van der Waals surface area contributed by atoms with E-state index in [1.54, 1.807) is 13.2 Å². The molecule has 0 fully saturated rings. The Morgan fingerprint density at radius 2 is 1.67 bits per heavy atom. The number of hydrogen-bond donors (Lipinski definition) is 1. The zero-order valence-corrected chi connectivity index (χ0v) is 14.8. The molecule has 2 aromatic carbocycles. The van der Waals surface area contributed by atoms with Crippen LogP contribution in [0.1, 0.15) is 27.7 Å². The van der Waals surface area contributed by atoms with Crippen LogP contribution < -0.4 is 10.1 Å². The molecule has 1 atom stereocenters. The van der Waals surface area contributed by atoms with Gasteiger partial charge in [-0.3, -0.25) is 4.79 Å². The minimum atomic E-state index is -0.684. The highest BCUT2D eigenvalue weighted by Gasteiger charge is 2.19. The molecule has 3 aromatic rings. The van der Waals surface area contributed by atoms with Gasteiger partial charge in [0.2, 0.25) is 5.76 Å². The molecule has 0 bridgehead atoms. The number of methoxy groups -OCH3 is 1. The Kier molecular flexibility index (Phi) is 5.89. The van der Waals surface area contributed by atoms with E-state index >= 15 is 0 Å². The third kappa shape index (κ3) is 4.76. The van der Waals surface area contributed by atoms with Gasteiger partial charge in [0.15, 0.2) is 6.61 Å². The Morgan fingerprint density at radius 3 is 2.30 bits per heavy atom. The molecule has 0 aliphatic rings. The summed E-state index contributed by atoms with van der Waals surface area (Å²) >= 11 is 0. The van der Waals surface area contributed by atoms with Crippen molar-refractivity contribution in [3.8, 4) is 5.75 Å². The Morgan fingerprint density at radius 1 is 0.963 bits per heavy atom. The third-order valence-corrected chi connectivity index (χ3v) is 3.94. The highest BCUT2D eigenvalue weighted by atomic mass is 16.5. The van der Waals surface area contributed by atoms with Crippen molar-refractivity contribution in [3.63, 3.8) is 0 Å². The van der Waals surface area contributed by atoms with Crippen LogP contribution in [0.3, 0.4) is 0 Å². The summed E-state index contributed by atoms with van der Waals surface area (Å²) in [6.45, 7) is -0.404. The number of ether oxygens (including phenoxy) is 2. The van der Waals surface area contributed by atoms with Crippen LogP contribution in [-0.2, 0) is 9.53 Å². The van der Waals surface area contributed by atoms with Gasteiger partial charge in [-0.25, -0.2) is 4.79 Å². The fourth-order valence-corrected chi connectivity index (χ4v) is 2.60. The van der Waals surface area contributed by atoms with Crippen LogP contribution in [-0.4, -0.2) is 25.6 Å². The first-order valence-corrected chi connectivity index (χ1v) is 8.36. The van der Waals surface area contributed by atoms with Crippen molar-refractivity contribution >= 4 is 11.9 Å². The number of carbonyl (C=O) groups is 2. The van der Waals surface area contributed by atoms with Gasteiger partial charge in [0.25, 0.3) is 5.91 Å². The van der Waals surface area contributed by atoms with E-state index in [4.69, 9.17) is 13.9 Å². The van der Waals surface area contributed by atoms with Crippen LogP contribution in [0.2, 0.25) is 0 Å². The lowest BCUT2D eigenvalue weighted by Crippen LogP contribution is -2.33. The fraction of sp³-hybridized carbons (Fsp3) is 0.143. The number of benzene rings is 2. The van der Waals surface area contributed by atoms with Crippen molar-refractivity contribution in [1.29, 1.82) is 0 Å². The minimum absolute atomic E-state index is 0.0533. The Bertz CT molecular complexity index is 873. The van der Waals surface area contributed by atoms with Crippen LogP contribution in [0.5, 0.6) is 5.75 Å². The van der Waals surface area contributed by atoms with Crippen molar-refractivity contribution < 1.29 is 23.5 Å². The Balaban J connectivity index is 1.71. The predicted octanol–water partition coefficient (Wildman–Crippen LogP) is 3.35. The number of hydrogen-bond acceptors (Lipinski definition) is 5. The van der Waals surface area contributed by atoms with Crippen LogP contribution >= 0.6 is 0 Å². The average molecular weight is 365 g/mol. The lowest BCUT2D eigenvalue weighted by Gasteiger charge is -2.20. The number of rotatable bonds is 7. The van der Waals surface area contributed by atoms with E-state index in [2.05, 4.69) is 5.32 Å². The number of esters is 1. The largest absolute Gasteiger partial charge is 0.497 e. The molecular weight excluding hydrogens is 346 g/mol. The number of carbonyl (C=O) groups excluding carboxylic acids is 2. The summed E-state index contributed by atoms with van der Waals surface area (Å²) < 4.78 is 15.1. The second kappa shape index (κ2) is 8.71. The lowest BCUT2D eigenvalue weighted by atomic mass is 9.98. The Hall–Kier alpha value is -3.54. The fourth-order valence-electron chi connectivity index (χ4n) is 2.60. The molecule has 138 valence electrons.